The number of carbonyl (C=O) groups is 1. The molecule has 0 fully saturated rings. The third kappa shape index (κ3) is 4.42. The number of nitriles is 1. The van der Waals surface area contributed by atoms with Crippen LogP contribution in [0.3, 0.4) is 0 Å². The number of nitrogens with zero attached hydrogens (tertiary/aromatic N) is 1. The van der Waals surface area contributed by atoms with Crippen molar-refractivity contribution in [3.8, 4) is 6.07 Å². The summed E-state index contributed by atoms with van der Waals surface area (Å²) in [6.07, 6.45) is -0.710. The number of rotatable bonds is 2. The summed E-state index contributed by atoms with van der Waals surface area (Å²) >= 11 is 0. The van der Waals surface area contributed by atoms with Gasteiger partial charge in [0.05, 0.1) is 6.07 Å². The maximum Gasteiger partial charge on any atom is 0.408 e. The molecule has 1 N–H and O–H groups in total. The Bertz CT molecular complexity index is 475. The third-order valence-corrected chi connectivity index (χ3v) is 1.97. The van der Waals surface area contributed by atoms with Crippen molar-refractivity contribution in [1.82, 2.24) is 5.32 Å². The van der Waals surface area contributed by atoms with Crippen LogP contribution in [0.5, 0.6) is 0 Å². The van der Waals surface area contributed by atoms with Crippen molar-refractivity contribution >= 4 is 6.09 Å². The van der Waals surface area contributed by atoms with Gasteiger partial charge in [-0.15, -0.1) is 0 Å². The van der Waals surface area contributed by atoms with Crippen molar-refractivity contribution in [1.29, 1.82) is 5.26 Å². The Balaban J connectivity index is 2.75. The average molecular weight is 250 g/mol. The quantitative estimate of drug-likeness (QED) is 0.877. The van der Waals surface area contributed by atoms with Crippen molar-refractivity contribution in [3.63, 3.8) is 0 Å². The second kappa shape index (κ2) is 5.50. The third-order valence-electron chi connectivity index (χ3n) is 1.97. The van der Waals surface area contributed by atoms with Gasteiger partial charge in [-0.2, -0.15) is 5.26 Å². The molecule has 1 atom stereocenters. The van der Waals surface area contributed by atoms with Crippen LogP contribution >= 0.6 is 0 Å². The average Bonchev–Trinajstić information content (AvgIpc) is 2.23. The van der Waals surface area contributed by atoms with Crippen LogP contribution in [0.25, 0.3) is 0 Å². The van der Waals surface area contributed by atoms with Crippen LogP contribution in [0, 0.1) is 17.1 Å². The molecule has 0 aliphatic rings. The lowest BCUT2D eigenvalue weighted by Crippen LogP contribution is -2.34. The summed E-state index contributed by atoms with van der Waals surface area (Å²) in [5.74, 6) is -0.460. The fraction of sp³-hybridized carbons (Fsp3) is 0.385. The molecule has 0 bridgehead atoms. The highest BCUT2D eigenvalue weighted by Gasteiger charge is 2.20. The molecule has 18 heavy (non-hydrogen) atoms. The zero-order valence-corrected chi connectivity index (χ0v) is 10.5. The van der Waals surface area contributed by atoms with Crippen LogP contribution in [-0.4, -0.2) is 11.7 Å². The van der Waals surface area contributed by atoms with Crippen molar-refractivity contribution < 1.29 is 13.9 Å². The van der Waals surface area contributed by atoms with Gasteiger partial charge in [0.15, 0.2) is 0 Å². The number of halogens is 1. The standard InChI is InChI=1S/C13H15FN2O2/c1-13(2,3)18-12(17)16-11(8-15)9-5-4-6-10(14)7-9/h4-7,11H,1-3H3,(H,16,17). The van der Waals surface area contributed by atoms with Crippen LogP contribution < -0.4 is 5.32 Å². The van der Waals surface area contributed by atoms with Crippen molar-refractivity contribution in [2.45, 2.75) is 32.4 Å². The summed E-state index contributed by atoms with van der Waals surface area (Å²) in [6, 6.07) is 6.46. The molecular weight excluding hydrogens is 235 g/mol. The minimum Gasteiger partial charge on any atom is -0.444 e. The highest BCUT2D eigenvalue weighted by molar-refractivity contribution is 5.69. The van der Waals surface area contributed by atoms with E-state index in [1.54, 1.807) is 26.8 Å². The first-order chi connectivity index (χ1) is 8.31. The molecule has 0 saturated carbocycles. The van der Waals surface area contributed by atoms with E-state index in [1.807, 2.05) is 6.07 Å². The highest BCUT2D eigenvalue weighted by atomic mass is 19.1. The summed E-state index contributed by atoms with van der Waals surface area (Å²) in [4.78, 5) is 11.5. The molecule has 0 aromatic heterocycles. The molecule has 0 spiro atoms. The predicted molar refractivity (Wildman–Crippen MR) is 64.1 cm³/mol. The topological polar surface area (TPSA) is 62.1 Å². The number of ether oxygens (including phenoxy) is 1. The minimum absolute atomic E-state index is 0.378. The predicted octanol–water partition coefficient (Wildman–Crippen LogP) is 2.92. The fourth-order valence-corrected chi connectivity index (χ4v) is 1.30. The highest BCUT2D eigenvalue weighted by Crippen LogP contribution is 2.15. The monoisotopic (exact) mass is 250 g/mol. The number of nitrogens with one attached hydrogen (secondary N) is 1. The van der Waals surface area contributed by atoms with E-state index in [1.165, 1.54) is 18.2 Å². The molecule has 96 valence electrons. The first-order valence-corrected chi connectivity index (χ1v) is 5.46. The molecular formula is C13H15FN2O2. The molecule has 0 aliphatic carbocycles. The molecule has 1 aromatic rings. The van der Waals surface area contributed by atoms with Crippen molar-refractivity contribution in [2.24, 2.45) is 0 Å². The second-order valence-corrected chi connectivity index (χ2v) is 4.76. The minimum atomic E-state index is -0.935. The lowest BCUT2D eigenvalue weighted by atomic mass is 10.1. The zero-order chi connectivity index (χ0) is 13.8. The van der Waals surface area contributed by atoms with Gasteiger partial charge in [-0.25, -0.2) is 9.18 Å². The molecule has 1 amide bonds. The van der Waals surface area contributed by atoms with E-state index in [0.29, 0.717) is 5.56 Å². The number of amides is 1. The van der Waals surface area contributed by atoms with Crippen molar-refractivity contribution in [3.05, 3.63) is 35.6 Å². The fourth-order valence-electron chi connectivity index (χ4n) is 1.30. The molecule has 1 aromatic carbocycles. The lowest BCUT2D eigenvalue weighted by molar-refractivity contribution is 0.0515. The summed E-state index contributed by atoms with van der Waals surface area (Å²) in [7, 11) is 0. The molecule has 4 nitrogen and oxygen atoms in total. The number of benzene rings is 1. The van der Waals surface area contributed by atoms with Crippen LogP contribution in [0.15, 0.2) is 24.3 Å². The Kier molecular flexibility index (Phi) is 4.27. The smallest absolute Gasteiger partial charge is 0.408 e. The SMILES string of the molecule is CC(C)(C)OC(=O)NC(C#N)c1cccc(F)c1. The van der Waals surface area contributed by atoms with E-state index in [-0.39, 0.29) is 0 Å². The second-order valence-electron chi connectivity index (χ2n) is 4.76. The molecule has 0 heterocycles. The molecule has 0 saturated heterocycles. The Morgan fingerprint density at radius 3 is 2.67 bits per heavy atom. The zero-order valence-electron chi connectivity index (χ0n) is 10.5. The van der Waals surface area contributed by atoms with E-state index in [0.717, 1.165) is 0 Å². The first-order valence-electron chi connectivity index (χ1n) is 5.46. The van der Waals surface area contributed by atoms with Gasteiger partial charge in [-0.3, -0.25) is 0 Å². The van der Waals surface area contributed by atoms with Crippen LogP contribution in [0.1, 0.15) is 32.4 Å². The molecule has 1 unspecified atom stereocenters. The molecule has 5 heteroatoms. The van der Waals surface area contributed by atoms with Gasteiger partial charge in [0.2, 0.25) is 0 Å². The molecule has 0 radical (unpaired) electrons. The maximum atomic E-state index is 13.0. The van der Waals surface area contributed by atoms with Gasteiger partial charge in [0.1, 0.15) is 17.5 Å². The summed E-state index contributed by atoms with van der Waals surface area (Å²) < 4.78 is 18.0. The molecule has 0 aliphatic heterocycles. The Labute approximate surface area is 105 Å². The lowest BCUT2D eigenvalue weighted by Gasteiger charge is -2.21. The number of hydrogen-bond donors (Lipinski definition) is 1. The van der Waals surface area contributed by atoms with Gasteiger partial charge in [-0.1, -0.05) is 12.1 Å². The Hall–Kier alpha value is -2.09. The Morgan fingerprint density at radius 1 is 1.50 bits per heavy atom. The van der Waals surface area contributed by atoms with Gasteiger partial charge in [0.25, 0.3) is 0 Å². The first kappa shape index (κ1) is 14.0. The number of hydrogen-bond acceptors (Lipinski definition) is 3. The normalized spacial score (nSPS) is 12.4. The van der Waals surface area contributed by atoms with Gasteiger partial charge in [-0.05, 0) is 38.5 Å². The van der Waals surface area contributed by atoms with E-state index in [4.69, 9.17) is 10.00 Å². The van der Waals surface area contributed by atoms with Crippen molar-refractivity contribution in [2.75, 3.05) is 0 Å². The van der Waals surface area contributed by atoms with E-state index in [9.17, 15) is 9.18 Å². The van der Waals surface area contributed by atoms with Gasteiger partial charge < -0.3 is 10.1 Å². The Morgan fingerprint density at radius 2 is 2.17 bits per heavy atom. The van der Waals surface area contributed by atoms with E-state index in [2.05, 4.69) is 5.32 Å². The largest absolute Gasteiger partial charge is 0.444 e. The van der Waals surface area contributed by atoms with Crippen LogP contribution in [-0.2, 0) is 4.74 Å². The molecule has 1 rings (SSSR count). The van der Waals surface area contributed by atoms with Crippen LogP contribution in [0.2, 0.25) is 0 Å². The number of alkyl carbamates (subject to hydrolysis) is 1. The van der Waals surface area contributed by atoms with E-state index >= 15 is 0 Å². The van der Waals surface area contributed by atoms with E-state index < -0.39 is 23.6 Å². The van der Waals surface area contributed by atoms with Gasteiger partial charge in [0, 0.05) is 0 Å². The van der Waals surface area contributed by atoms with Crippen LogP contribution in [0.4, 0.5) is 9.18 Å². The summed E-state index contributed by atoms with van der Waals surface area (Å²) in [5.41, 5.74) is -0.269. The summed E-state index contributed by atoms with van der Waals surface area (Å²) in [5, 5.41) is 11.4. The maximum absolute atomic E-state index is 13.0. The summed E-state index contributed by atoms with van der Waals surface area (Å²) in [6.45, 7) is 5.16. The number of carbonyl (C=O) groups excluding carboxylic acids is 1. The van der Waals surface area contributed by atoms with Gasteiger partial charge >= 0.3 is 6.09 Å².